The van der Waals surface area contributed by atoms with Crippen molar-refractivity contribution in [2.45, 2.75) is 12.8 Å². The highest BCUT2D eigenvalue weighted by Crippen LogP contribution is 2.32. The second-order valence-electron chi connectivity index (χ2n) is 3.79. The molecule has 0 aliphatic heterocycles. The number of carbonyl (C=O) groups excluding carboxylic acids is 1. The maximum Gasteiger partial charge on any atom is 0.227 e. The first-order valence-corrected chi connectivity index (χ1v) is 5.13. The summed E-state index contributed by atoms with van der Waals surface area (Å²) in [5.41, 5.74) is 1.14. The molecule has 1 aromatic rings. The first kappa shape index (κ1) is 10.5. The molecule has 1 saturated carbocycles. The minimum Gasteiger partial charge on any atom is -0.495 e. The van der Waals surface area contributed by atoms with Crippen molar-refractivity contribution in [3.8, 4) is 11.8 Å². The number of amides is 1. The fraction of sp³-hybridized carbons (Fsp3) is 0.333. The van der Waals surface area contributed by atoms with Crippen LogP contribution in [0.5, 0.6) is 5.75 Å². The van der Waals surface area contributed by atoms with E-state index in [1.54, 1.807) is 18.2 Å². The van der Waals surface area contributed by atoms with E-state index in [9.17, 15) is 4.79 Å². The Balaban J connectivity index is 2.19. The summed E-state index contributed by atoms with van der Waals surface area (Å²) in [4.78, 5) is 11.6. The van der Waals surface area contributed by atoms with Crippen molar-refractivity contribution in [2.24, 2.45) is 5.92 Å². The van der Waals surface area contributed by atoms with Gasteiger partial charge >= 0.3 is 0 Å². The second kappa shape index (κ2) is 4.23. The van der Waals surface area contributed by atoms with E-state index in [1.807, 2.05) is 6.07 Å². The molecular weight excluding hydrogens is 204 g/mol. The molecular formula is C12H12N2O2. The highest BCUT2D eigenvalue weighted by Gasteiger charge is 2.30. The molecule has 82 valence electrons. The predicted octanol–water partition coefficient (Wildman–Crippen LogP) is 1.92. The van der Waals surface area contributed by atoms with E-state index in [0.717, 1.165) is 12.8 Å². The zero-order valence-electron chi connectivity index (χ0n) is 8.99. The third-order valence-corrected chi connectivity index (χ3v) is 2.54. The summed E-state index contributed by atoms with van der Waals surface area (Å²) in [6.07, 6.45) is 1.93. The Morgan fingerprint density at radius 2 is 2.31 bits per heavy atom. The van der Waals surface area contributed by atoms with Crippen molar-refractivity contribution in [3.05, 3.63) is 23.8 Å². The largest absolute Gasteiger partial charge is 0.495 e. The first-order valence-electron chi connectivity index (χ1n) is 5.13. The molecule has 0 saturated heterocycles. The highest BCUT2D eigenvalue weighted by molar-refractivity contribution is 5.95. The van der Waals surface area contributed by atoms with Crippen LogP contribution in [0, 0.1) is 17.2 Å². The molecule has 1 N–H and O–H groups in total. The van der Waals surface area contributed by atoms with Crippen LogP contribution in [0.3, 0.4) is 0 Å². The van der Waals surface area contributed by atoms with Crippen LogP contribution in [0.4, 0.5) is 5.69 Å². The summed E-state index contributed by atoms with van der Waals surface area (Å²) in [7, 11) is 1.52. The molecule has 4 nitrogen and oxygen atoms in total. The lowest BCUT2D eigenvalue weighted by atomic mass is 10.2. The van der Waals surface area contributed by atoms with Gasteiger partial charge in [-0.1, -0.05) is 0 Å². The van der Waals surface area contributed by atoms with Gasteiger partial charge in [0.25, 0.3) is 0 Å². The number of anilines is 1. The minimum absolute atomic E-state index is 0.0306. The number of methoxy groups -OCH3 is 1. The van der Waals surface area contributed by atoms with Crippen molar-refractivity contribution in [1.82, 2.24) is 0 Å². The van der Waals surface area contributed by atoms with Gasteiger partial charge in [0.1, 0.15) is 5.75 Å². The zero-order valence-corrected chi connectivity index (χ0v) is 8.99. The molecule has 1 aliphatic carbocycles. The maximum atomic E-state index is 11.6. The van der Waals surface area contributed by atoms with E-state index in [4.69, 9.17) is 10.00 Å². The molecule has 0 radical (unpaired) electrons. The SMILES string of the molecule is COc1cc(C#N)ccc1NC(=O)C1CC1. The van der Waals surface area contributed by atoms with Crippen molar-refractivity contribution in [2.75, 3.05) is 12.4 Å². The van der Waals surface area contributed by atoms with Crippen LogP contribution in [0.2, 0.25) is 0 Å². The number of nitrogens with one attached hydrogen (secondary N) is 1. The number of hydrogen-bond donors (Lipinski definition) is 1. The summed E-state index contributed by atoms with van der Waals surface area (Å²) < 4.78 is 5.12. The second-order valence-corrected chi connectivity index (χ2v) is 3.79. The third kappa shape index (κ3) is 2.14. The number of nitrogens with zero attached hydrogens (tertiary/aromatic N) is 1. The van der Waals surface area contributed by atoms with E-state index in [1.165, 1.54) is 7.11 Å². The fourth-order valence-corrected chi connectivity index (χ4v) is 1.44. The van der Waals surface area contributed by atoms with Gasteiger partial charge in [0.15, 0.2) is 0 Å². The molecule has 0 unspecified atom stereocenters. The first-order chi connectivity index (χ1) is 7.74. The average Bonchev–Trinajstić information content (AvgIpc) is 3.13. The third-order valence-electron chi connectivity index (χ3n) is 2.54. The van der Waals surface area contributed by atoms with Gasteiger partial charge in [-0.25, -0.2) is 0 Å². The van der Waals surface area contributed by atoms with Crippen LogP contribution in [-0.4, -0.2) is 13.0 Å². The van der Waals surface area contributed by atoms with E-state index >= 15 is 0 Å². The molecule has 16 heavy (non-hydrogen) atoms. The molecule has 1 fully saturated rings. The molecule has 1 aliphatic rings. The quantitative estimate of drug-likeness (QED) is 0.839. The number of carbonyl (C=O) groups is 1. The van der Waals surface area contributed by atoms with Crippen LogP contribution < -0.4 is 10.1 Å². The van der Waals surface area contributed by atoms with Gasteiger partial charge in [-0.2, -0.15) is 5.26 Å². The van der Waals surface area contributed by atoms with Gasteiger partial charge in [-0.15, -0.1) is 0 Å². The average molecular weight is 216 g/mol. The summed E-state index contributed by atoms with van der Waals surface area (Å²) in [6, 6.07) is 6.99. The van der Waals surface area contributed by atoms with Gasteiger partial charge in [0.05, 0.1) is 24.4 Å². The smallest absolute Gasteiger partial charge is 0.227 e. The van der Waals surface area contributed by atoms with Crippen LogP contribution >= 0.6 is 0 Å². The molecule has 1 aromatic carbocycles. The predicted molar refractivity (Wildman–Crippen MR) is 59.1 cm³/mol. The lowest BCUT2D eigenvalue weighted by Gasteiger charge is -2.09. The monoisotopic (exact) mass is 216 g/mol. The molecule has 0 spiro atoms. The summed E-state index contributed by atoms with van der Waals surface area (Å²) in [6.45, 7) is 0. The van der Waals surface area contributed by atoms with Crippen LogP contribution in [-0.2, 0) is 4.79 Å². The van der Waals surface area contributed by atoms with Gasteiger partial charge < -0.3 is 10.1 Å². The topological polar surface area (TPSA) is 62.1 Å². The van der Waals surface area contributed by atoms with Gasteiger partial charge in [-0.05, 0) is 25.0 Å². The highest BCUT2D eigenvalue weighted by atomic mass is 16.5. The van der Waals surface area contributed by atoms with E-state index in [2.05, 4.69) is 5.32 Å². The van der Waals surface area contributed by atoms with Crippen molar-refractivity contribution < 1.29 is 9.53 Å². The number of rotatable bonds is 3. The Labute approximate surface area is 93.8 Å². The minimum atomic E-state index is 0.0306. The molecule has 0 atom stereocenters. The Morgan fingerprint density at radius 1 is 1.56 bits per heavy atom. The van der Waals surface area contributed by atoms with Crippen LogP contribution in [0.25, 0.3) is 0 Å². The molecule has 1 amide bonds. The van der Waals surface area contributed by atoms with Gasteiger partial charge in [0, 0.05) is 12.0 Å². The summed E-state index contributed by atoms with van der Waals surface area (Å²) in [5, 5.41) is 11.5. The van der Waals surface area contributed by atoms with E-state index < -0.39 is 0 Å². The number of ether oxygens (including phenoxy) is 1. The molecule has 2 rings (SSSR count). The number of benzene rings is 1. The van der Waals surface area contributed by atoms with Crippen LogP contribution in [0.15, 0.2) is 18.2 Å². The van der Waals surface area contributed by atoms with Gasteiger partial charge in [0.2, 0.25) is 5.91 Å². The molecule has 0 aromatic heterocycles. The Kier molecular flexibility index (Phi) is 2.78. The van der Waals surface area contributed by atoms with Crippen molar-refractivity contribution in [3.63, 3.8) is 0 Å². The van der Waals surface area contributed by atoms with E-state index in [0.29, 0.717) is 17.0 Å². The fourth-order valence-electron chi connectivity index (χ4n) is 1.44. The number of hydrogen-bond acceptors (Lipinski definition) is 3. The Morgan fingerprint density at radius 3 is 2.88 bits per heavy atom. The lowest BCUT2D eigenvalue weighted by molar-refractivity contribution is -0.117. The van der Waals surface area contributed by atoms with E-state index in [-0.39, 0.29) is 11.8 Å². The maximum absolute atomic E-state index is 11.6. The lowest BCUT2D eigenvalue weighted by Crippen LogP contribution is -2.13. The Bertz CT molecular complexity index is 459. The molecule has 0 bridgehead atoms. The molecule has 0 heterocycles. The standard InChI is InChI=1S/C12H12N2O2/c1-16-11-6-8(7-13)2-5-10(11)14-12(15)9-3-4-9/h2,5-6,9H,3-4H2,1H3,(H,14,15). The normalized spacial score (nSPS) is 14.0. The molecule has 4 heteroatoms. The van der Waals surface area contributed by atoms with Crippen molar-refractivity contribution in [1.29, 1.82) is 5.26 Å². The summed E-state index contributed by atoms with van der Waals surface area (Å²) in [5.74, 6) is 0.705. The van der Waals surface area contributed by atoms with Gasteiger partial charge in [-0.3, -0.25) is 4.79 Å². The van der Waals surface area contributed by atoms with Crippen molar-refractivity contribution >= 4 is 11.6 Å². The zero-order chi connectivity index (χ0) is 11.5. The Hall–Kier alpha value is -2.02. The number of nitriles is 1. The summed E-state index contributed by atoms with van der Waals surface area (Å²) >= 11 is 0. The van der Waals surface area contributed by atoms with Crippen LogP contribution in [0.1, 0.15) is 18.4 Å².